The smallest absolute Gasteiger partial charge is 0.407 e. The van der Waals surface area contributed by atoms with E-state index < -0.39 is 18.0 Å². The third kappa shape index (κ3) is 7.89. The van der Waals surface area contributed by atoms with E-state index in [-0.39, 0.29) is 24.5 Å². The Morgan fingerprint density at radius 2 is 1.35 bits per heavy atom. The predicted molar refractivity (Wildman–Crippen MR) is 162 cm³/mol. The first kappa shape index (κ1) is 28.7. The number of carboxylic acid groups (broad SMARTS) is 1. The maximum atomic E-state index is 12.6. The van der Waals surface area contributed by atoms with Gasteiger partial charge in [0, 0.05) is 5.56 Å². The molecule has 0 heterocycles. The van der Waals surface area contributed by atoms with Crippen LogP contribution >= 0.6 is 0 Å². The van der Waals surface area contributed by atoms with E-state index in [2.05, 4.69) is 10.6 Å². The summed E-state index contributed by atoms with van der Waals surface area (Å²) in [6.07, 6.45) is -0.502. The minimum atomic E-state index is -1.12. The molecule has 0 aromatic heterocycles. The lowest BCUT2D eigenvalue weighted by Gasteiger charge is -2.11. The summed E-state index contributed by atoms with van der Waals surface area (Å²) < 4.78 is 16.9. The topological polar surface area (TPSA) is 123 Å². The van der Waals surface area contributed by atoms with Gasteiger partial charge in [0.05, 0.1) is 17.8 Å². The van der Waals surface area contributed by atoms with Gasteiger partial charge in [-0.05, 0) is 77.0 Å². The fourth-order valence-corrected chi connectivity index (χ4v) is 4.23. The van der Waals surface area contributed by atoms with E-state index in [9.17, 15) is 19.5 Å². The molecule has 0 atom stereocenters. The second-order valence-electron chi connectivity index (χ2n) is 9.44. The number of carboxylic acids is 1. The fourth-order valence-electron chi connectivity index (χ4n) is 4.23. The molecule has 43 heavy (non-hydrogen) atoms. The van der Waals surface area contributed by atoms with Crippen LogP contribution < -0.4 is 20.1 Å². The van der Waals surface area contributed by atoms with E-state index in [1.54, 1.807) is 36.4 Å². The van der Waals surface area contributed by atoms with Gasteiger partial charge in [0.15, 0.2) is 0 Å². The van der Waals surface area contributed by atoms with E-state index in [1.165, 1.54) is 12.1 Å². The van der Waals surface area contributed by atoms with Crippen LogP contribution in [0.15, 0.2) is 115 Å². The summed E-state index contributed by atoms with van der Waals surface area (Å²) in [5, 5.41) is 16.5. The molecule has 2 amide bonds. The molecule has 5 rings (SSSR count). The number of benzene rings is 5. The summed E-state index contributed by atoms with van der Waals surface area (Å²) in [6, 6.07) is 33.5. The monoisotopic (exact) mass is 576 g/mol. The quantitative estimate of drug-likeness (QED) is 0.146. The van der Waals surface area contributed by atoms with Gasteiger partial charge in [0.2, 0.25) is 0 Å². The first-order chi connectivity index (χ1) is 20.9. The lowest BCUT2D eigenvalue weighted by molar-refractivity contribution is 0.0698. The van der Waals surface area contributed by atoms with Crippen LogP contribution in [0.5, 0.6) is 17.2 Å². The van der Waals surface area contributed by atoms with Gasteiger partial charge in [-0.15, -0.1) is 0 Å². The molecule has 0 saturated heterocycles. The number of alkyl carbamates (subject to hydrolysis) is 1. The van der Waals surface area contributed by atoms with Crippen LogP contribution in [-0.2, 0) is 11.3 Å². The highest BCUT2D eigenvalue weighted by molar-refractivity contribution is 6.07. The Morgan fingerprint density at radius 3 is 2.09 bits per heavy atom. The van der Waals surface area contributed by atoms with Gasteiger partial charge in [-0.1, -0.05) is 54.6 Å². The van der Waals surface area contributed by atoms with E-state index in [0.717, 1.165) is 16.3 Å². The van der Waals surface area contributed by atoms with Crippen molar-refractivity contribution in [1.29, 1.82) is 0 Å². The maximum Gasteiger partial charge on any atom is 0.407 e. The molecule has 9 heteroatoms. The highest BCUT2D eigenvalue weighted by Gasteiger charge is 2.13. The summed E-state index contributed by atoms with van der Waals surface area (Å²) in [5.74, 6) is 0.275. The second kappa shape index (κ2) is 13.7. The molecule has 0 radical (unpaired) electrons. The highest BCUT2D eigenvalue weighted by Crippen LogP contribution is 2.28. The number of hydrogen-bond donors (Lipinski definition) is 3. The molecule has 0 spiro atoms. The molecule has 0 aliphatic rings. The Labute approximate surface area is 247 Å². The van der Waals surface area contributed by atoms with Gasteiger partial charge >= 0.3 is 12.1 Å². The molecule has 0 aliphatic carbocycles. The standard InChI is InChI=1S/C34H28N2O7/c37-32(36-31-9-5-4-8-30(31)33(38)39)24-10-14-27(15-11-24)43-29-17-13-25-20-28(16-12-26(25)21-29)41-19-18-35-34(40)42-22-23-6-2-1-3-7-23/h1-17,20-21H,18-19,22H2,(H,35,40)(H,36,37)(H,38,39). The molecular weight excluding hydrogens is 548 g/mol. The minimum absolute atomic E-state index is 0.0135. The van der Waals surface area contributed by atoms with Crippen molar-refractivity contribution in [2.45, 2.75) is 6.61 Å². The van der Waals surface area contributed by atoms with Crippen LogP contribution in [0.25, 0.3) is 10.8 Å². The number of rotatable bonds is 11. The van der Waals surface area contributed by atoms with Gasteiger partial charge in [-0.3, -0.25) is 4.79 Å². The summed E-state index contributed by atoms with van der Waals surface area (Å²) in [5.41, 5.74) is 1.51. The molecule has 9 nitrogen and oxygen atoms in total. The molecule has 0 unspecified atom stereocenters. The van der Waals surface area contributed by atoms with E-state index in [1.807, 2.05) is 66.7 Å². The van der Waals surface area contributed by atoms with E-state index >= 15 is 0 Å². The van der Waals surface area contributed by atoms with Gasteiger partial charge in [-0.25, -0.2) is 9.59 Å². The summed E-state index contributed by atoms with van der Waals surface area (Å²) in [6.45, 7) is 0.791. The van der Waals surface area contributed by atoms with Crippen molar-refractivity contribution in [2.75, 3.05) is 18.5 Å². The Hall–Kier alpha value is -5.83. The molecule has 0 fully saturated rings. The Bertz CT molecular complexity index is 1740. The van der Waals surface area contributed by atoms with Crippen LogP contribution in [0.2, 0.25) is 0 Å². The van der Waals surface area contributed by atoms with Crippen molar-refractivity contribution in [3.63, 3.8) is 0 Å². The number of para-hydroxylation sites is 1. The molecule has 5 aromatic rings. The van der Waals surface area contributed by atoms with Crippen molar-refractivity contribution in [1.82, 2.24) is 5.32 Å². The first-order valence-corrected chi connectivity index (χ1v) is 13.5. The van der Waals surface area contributed by atoms with E-state index in [4.69, 9.17) is 14.2 Å². The Balaban J connectivity index is 1.11. The zero-order chi connectivity index (χ0) is 30.0. The number of amides is 2. The number of fused-ring (bicyclic) bond motifs is 1. The fraction of sp³-hybridized carbons (Fsp3) is 0.0882. The Morgan fingerprint density at radius 1 is 0.698 bits per heavy atom. The van der Waals surface area contributed by atoms with Crippen LogP contribution in [0, 0.1) is 0 Å². The van der Waals surface area contributed by atoms with Gasteiger partial charge in [0.25, 0.3) is 5.91 Å². The summed E-state index contributed by atoms with van der Waals surface area (Å²) in [4.78, 5) is 35.9. The molecule has 216 valence electrons. The SMILES string of the molecule is O=C(NCCOc1ccc2cc(Oc3ccc(C(=O)Nc4ccccc4C(=O)O)cc3)ccc2c1)OCc1ccccc1. The molecular formula is C34H28N2O7. The average molecular weight is 577 g/mol. The zero-order valence-electron chi connectivity index (χ0n) is 23.0. The predicted octanol–water partition coefficient (Wildman–Crippen LogP) is 6.89. The number of carbonyl (C=O) groups excluding carboxylic acids is 2. The molecule has 0 bridgehead atoms. The van der Waals surface area contributed by atoms with Gasteiger partial charge in [-0.2, -0.15) is 0 Å². The van der Waals surface area contributed by atoms with Gasteiger partial charge in [0.1, 0.15) is 30.5 Å². The normalized spacial score (nSPS) is 10.5. The largest absolute Gasteiger partial charge is 0.492 e. The number of nitrogens with one attached hydrogen (secondary N) is 2. The lowest BCUT2D eigenvalue weighted by atomic mass is 10.1. The maximum absolute atomic E-state index is 12.6. The van der Waals surface area contributed by atoms with Crippen molar-refractivity contribution in [3.05, 3.63) is 132 Å². The summed E-state index contributed by atoms with van der Waals surface area (Å²) in [7, 11) is 0. The Kier molecular flexibility index (Phi) is 9.13. The lowest BCUT2D eigenvalue weighted by Crippen LogP contribution is -2.28. The second-order valence-corrected chi connectivity index (χ2v) is 9.44. The number of carbonyl (C=O) groups is 3. The van der Waals surface area contributed by atoms with Crippen molar-refractivity contribution < 1.29 is 33.7 Å². The van der Waals surface area contributed by atoms with Gasteiger partial charge < -0.3 is 30.0 Å². The minimum Gasteiger partial charge on any atom is -0.492 e. The molecule has 5 aromatic carbocycles. The number of anilines is 1. The van der Waals surface area contributed by atoms with Crippen LogP contribution in [0.4, 0.5) is 10.5 Å². The zero-order valence-corrected chi connectivity index (χ0v) is 23.0. The molecule has 3 N–H and O–H groups in total. The average Bonchev–Trinajstić information content (AvgIpc) is 3.03. The number of hydrogen-bond acceptors (Lipinski definition) is 6. The summed E-state index contributed by atoms with van der Waals surface area (Å²) >= 11 is 0. The third-order valence-electron chi connectivity index (χ3n) is 6.39. The van der Waals surface area contributed by atoms with Crippen molar-refractivity contribution in [3.8, 4) is 17.2 Å². The molecule has 0 saturated carbocycles. The highest BCUT2D eigenvalue weighted by atomic mass is 16.5. The van der Waals surface area contributed by atoms with Crippen molar-refractivity contribution >= 4 is 34.4 Å². The first-order valence-electron chi connectivity index (χ1n) is 13.5. The number of ether oxygens (including phenoxy) is 3. The van der Waals surface area contributed by atoms with Crippen LogP contribution in [0.3, 0.4) is 0 Å². The molecule has 0 aliphatic heterocycles. The van der Waals surface area contributed by atoms with E-state index in [0.29, 0.717) is 29.4 Å². The van der Waals surface area contributed by atoms with Crippen molar-refractivity contribution in [2.24, 2.45) is 0 Å². The van der Waals surface area contributed by atoms with Crippen LogP contribution in [-0.4, -0.2) is 36.2 Å². The third-order valence-corrected chi connectivity index (χ3v) is 6.39. The van der Waals surface area contributed by atoms with Crippen LogP contribution in [0.1, 0.15) is 26.3 Å². The number of aromatic carboxylic acids is 1.